The van der Waals surface area contributed by atoms with Crippen LogP contribution in [0.15, 0.2) is 59.4 Å². The number of fused-ring (bicyclic) bond motifs is 2. The van der Waals surface area contributed by atoms with Gasteiger partial charge in [-0.3, -0.25) is 14.5 Å². The van der Waals surface area contributed by atoms with Crippen molar-refractivity contribution in [3.8, 4) is 11.3 Å². The highest BCUT2D eigenvalue weighted by atomic mass is 16.2. The molecule has 0 spiro atoms. The number of piperazine rings is 1. The van der Waals surface area contributed by atoms with E-state index in [1.165, 1.54) is 5.56 Å². The van der Waals surface area contributed by atoms with Crippen LogP contribution in [0.4, 0.5) is 0 Å². The van der Waals surface area contributed by atoms with Crippen LogP contribution in [0.25, 0.3) is 33.1 Å². The van der Waals surface area contributed by atoms with E-state index in [0.29, 0.717) is 5.56 Å². The molecule has 6 nitrogen and oxygen atoms in total. The Balaban J connectivity index is 1.44. The maximum absolute atomic E-state index is 12.7. The Morgan fingerprint density at radius 2 is 1.65 bits per heavy atom. The molecule has 2 N–H and O–H groups in total. The predicted molar refractivity (Wildman–Crippen MR) is 124 cm³/mol. The standard InChI is InChI=1S/C25H26N4O2/c1-16(28-9-11-29(12-10-28)17(2)30)18-7-8-23-20(13-18)15-24(26-23)21-14-19-5-3-4-6-22(19)27-25(21)31/h3-8,13-16,26H,9-12H2,1-2H3,(H,27,31). The molecule has 0 bridgehead atoms. The highest BCUT2D eigenvalue weighted by Gasteiger charge is 2.23. The maximum atomic E-state index is 12.7. The predicted octanol–water partition coefficient (Wildman–Crippen LogP) is 3.90. The second-order valence-corrected chi connectivity index (χ2v) is 8.35. The summed E-state index contributed by atoms with van der Waals surface area (Å²) < 4.78 is 0. The third-order valence-corrected chi connectivity index (χ3v) is 6.48. The molecular formula is C25H26N4O2. The largest absolute Gasteiger partial charge is 0.354 e. The van der Waals surface area contributed by atoms with Crippen molar-refractivity contribution in [2.75, 3.05) is 26.2 Å². The molecular weight excluding hydrogens is 388 g/mol. The van der Waals surface area contributed by atoms with Crippen molar-refractivity contribution < 1.29 is 4.79 Å². The van der Waals surface area contributed by atoms with E-state index in [9.17, 15) is 9.59 Å². The number of pyridine rings is 1. The zero-order valence-corrected chi connectivity index (χ0v) is 17.8. The van der Waals surface area contributed by atoms with Crippen LogP contribution in [-0.4, -0.2) is 51.9 Å². The molecule has 1 aliphatic heterocycles. The molecule has 1 atom stereocenters. The Bertz CT molecular complexity index is 1330. The van der Waals surface area contributed by atoms with Gasteiger partial charge in [0.2, 0.25) is 5.91 Å². The number of carbonyl (C=O) groups excluding carboxylic acids is 1. The number of aromatic amines is 2. The van der Waals surface area contributed by atoms with E-state index in [0.717, 1.165) is 53.7 Å². The number of para-hydroxylation sites is 1. The number of carbonyl (C=O) groups is 1. The second kappa shape index (κ2) is 7.71. The summed E-state index contributed by atoms with van der Waals surface area (Å²) in [5, 5.41) is 2.10. The van der Waals surface area contributed by atoms with Crippen LogP contribution in [0, 0.1) is 0 Å². The monoisotopic (exact) mass is 414 g/mol. The molecule has 31 heavy (non-hydrogen) atoms. The minimum absolute atomic E-state index is 0.0952. The molecule has 1 fully saturated rings. The van der Waals surface area contributed by atoms with Gasteiger partial charge in [0.1, 0.15) is 0 Å². The maximum Gasteiger partial charge on any atom is 0.257 e. The van der Waals surface area contributed by atoms with Crippen LogP contribution in [0.5, 0.6) is 0 Å². The lowest BCUT2D eigenvalue weighted by Gasteiger charge is -2.37. The van der Waals surface area contributed by atoms with Crippen molar-refractivity contribution in [3.63, 3.8) is 0 Å². The molecule has 4 aromatic rings. The summed E-state index contributed by atoms with van der Waals surface area (Å²) in [5.74, 6) is 0.150. The van der Waals surface area contributed by atoms with E-state index in [1.807, 2.05) is 35.2 Å². The lowest BCUT2D eigenvalue weighted by Crippen LogP contribution is -2.48. The third kappa shape index (κ3) is 3.64. The fourth-order valence-corrected chi connectivity index (χ4v) is 4.54. The fourth-order valence-electron chi connectivity index (χ4n) is 4.54. The average molecular weight is 415 g/mol. The molecule has 0 aliphatic carbocycles. The van der Waals surface area contributed by atoms with Crippen LogP contribution in [-0.2, 0) is 4.79 Å². The number of hydrogen-bond acceptors (Lipinski definition) is 3. The Kier molecular flexibility index (Phi) is 4.87. The lowest BCUT2D eigenvalue weighted by atomic mass is 10.0. The topological polar surface area (TPSA) is 72.2 Å². The number of aromatic nitrogens is 2. The van der Waals surface area contributed by atoms with Crippen molar-refractivity contribution in [1.29, 1.82) is 0 Å². The van der Waals surface area contributed by atoms with Gasteiger partial charge in [-0.05, 0) is 48.2 Å². The van der Waals surface area contributed by atoms with E-state index >= 15 is 0 Å². The molecule has 1 saturated heterocycles. The van der Waals surface area contributed by atoms with Gasteiger partial charge < -0.3 is 14.9 Å². The SMILES string of the molecule is CC(=O)N1CCN(C(C)c2ccc3[nH]c(-c4cc5ccccc5[nH]c4=O)cc3c2)CC1. The number of benzene rings is 2. The zero-order valence-electron chi connectivity index (χ0n) is 17.8. The van der Waals surface area contributed by atoms with Gasteiger partial charge in [0.05, 0.1) is 11.3 Å². The molecule has 5 rings (SSSR count). The number of H-pyrrole nitrogens is 2. The van der Waals surface area contributed by atoms with Gasteiger partial charge >= 0.3 is 0 Å². The summed E-state index contributed by atoms with van der Waals surface area (Å²) in [6.07, 6.45) is 0. The van der Waals surface area contributed by atoms with Crippen LogP contribution in [0.1, 0.15) is 25.5 Å². The van der Waals surface area contributed by atoms with E-state index in [2.05, 4.69) is 46.1 Å². The molecule has 2 aromatic heterocycles. The van der Waals surface area contributed by atoms with E-state index in [4.69, 9.17) is 0 Å². The summed E-state index contributed by atoms with van der Waals surface area (Å²) in [5.41, 5.74) is 4.46. The van der Waals surface area contributed by atoms with Gasteiger partial charge in [0.15, 0.2) is 0 Å². The molecule has 1 aliphatic rings. The first kappa shape index (κ1) is 19.6. The highest BCUT2D eigenvalue weighted by molar-refractivity contribution is 5.89. The summed E-state index contributed by atoms with van der Waals surface area (Å²) in [6.45, 7) is 7.17. The van der Waals surface area contributed by atoms with Crippen molar-refractivity contribution in [2.24, 2.45) is 0 Å². The van der Waals surface area contributed by atoms with E-state index in [-0.39, 0.29) is 17.5 Å². The van der Waals surface area contributed by atoms with Crippen LogP contribution in [0.2, 0.25) is 0 Å². The molecule has 0 saturated carbocycles. The molecule has 2 aromatic carbocycles. The normalized spacial score (nSPS) is 16.1. The van der Waals surface area contributed by atoms with Gasteiger partial charge in [-0.2, -0.15) is 0 Å². The van der Waals surface area contributed by atoms with Crippen molar-refractivity contribution in [3.05, 3.63) is 70.5 Å². The smallest absolute Gasteiger partial charge is 0.257 e. The van der Waals surface area contributed by atoms with Crippen LogP contribution in [0.3, 0.4) is 0 Å². The van der Waals surface area contributed by atoms with Crippen LogP contribution < -0.4 is 5.56 Å². The number of amides is 1. The van der Waals surface area contributed by atoms with Gasteiger partial charge in [-0.15, -0.1) is 0 Å². The lowest BCUT2D eigenvalue weighted by molar-refractivity contribution is -0.130. The Morgan fingerprint density at radius 1 is 0.903 bits per heavy atom. The quantitative estimate of drug-likeness (QED) is 0.534. The second-order valence-electron chi connectivity index (χ2n) is 8.35. The molecule has 1 unspecified atom stereocenters. The first-order valence-electron chi connectivity index (χ1n) is 10.7. The molecule has 3 heterocycles. The van der Waals surface area contributed by atoms with E-state index in [1.54, 1.807) is 6.92 Å². The Hall–Kier alpha value is -3.38. The van der Waals surface area contributed by atoms with Crippen molar-refractivity contribution in [1.82, 2.24) is 19.8 Å². The first-order chi connectivity index (χ1) is 15.0. The number of rotatable bonds is 3. The third-order valence-electron chi connectivity index (χ3n) is 6.48. The number of hydrogen-bond donors (Lipinski definition) is 2. The summed E-state index contributed by atoms with van der Waals surface area (Å²) >= 11 is 0. The van der Waals surface area contributed by atoms with Crippen molar-refractivity contribution >= 4 is 27.7 Å². The van der Waals surface area contributed by atoms with Gasteiger partial charge in [0, 0.05) is 55.6 Å². The van der Waals surface area contributed by atoms with Gasteiger partial charge in [-0.25, -0.2) is 0 Å². The summed E-state index contributed by atoms with van der Waals surface area (Å²) in [4.78, 5) is 34.9. The minimum Gasteiger partial charge on any atom is -0.354 e. The zero-order chi connectivity index (χ0) is 21.5. The Morgan fingerprint density at radius 3 is 2.42 bits per heavy atom. The van der Waals surface area contributed by atoms with Gasteiger partial charge in [-0.1, -0.05) is 24.3 Å². The number of nitrogens with one attached hydrogen (secondary N) is 2. The molecule has 6 heteroatoms. The summed E-state index contributed by atoms with van der Waals surface area (Å²) in [7, 11) is 0. The molecule has 158 valence electrons. The van der Waals surface area contributed by atoms with Crippen LogP contribution >= 0.6 is 0 Å². The fraction of sp³-hybridized carbons (Fsp3) is 0.280. The minimum atomic E-state index is -0.0952. The molecule has 1 amide bonds. The van der Waals surface area contributed by atoms with Crippen molar-refractivity contribution in [2.45, 2.75) is 19.9 Å². The van der Waals surface area contributed by atoms with Gasteiger partial charge in [0.25, 0.3) is 5.56 Å². The average Bonchev–Trinajstić information content (AvgIpc) is 3.21. The molecule has 0 radical (unpaired) electrons. The summed E-state index contributed by atoms with van der Waals surface area (Å²) in [6, 6.07) is 18.5. The van der Waals surface area contributed by atoms with E-state index < -0.39 is 0 Å². The first-order valence-corrected chi connectivity index (χ1v) is 10.7. The Labute approximate surface area is 180 Å². The number of nitrogens with zero attached hydrogens (tertiary/aromatic N) is 2. The highest BCUT2D eigenvalue weighted by Crippen LogP contribution is 2.28.